The summed E-state index contributed by atoms with van der Waals surface area (Å²) in [6.07, 6.45) is 2.43. The number of thiazole rings is 1. The number of halogens is 1. The van der Waals surface area contributed by atoms with E-state index in [0.29, 0.717) is 17.3 Å². The molecular formula is C18H17ClN2O5S. The summed E-state index contributed by atoms with van der Waals surface area (Å²) in [7, 11) is 0. The highest BCUT2D eigenvalue weighted by molar-refractivity contribution is 7.09. The minimum Gasteiger partial charge on any atom is -0.483 e. The number of carboxylic acid groups (broad SMARTS) is 2. The summed E-state index contributed by atoms with van der Waals surface area (Å²) in [6, 6.07) is 11.9. The lowest BCUT2D eigenvalue weighted by atomic mass is 10.1. The van der Waals surface area contributed by atoms with Crippen molar-refractivity contribution in [3.8, 4) is 5.75 Å². The van der Waals surface area contributed by atoms with Gasteiger partial charge in [-0.15, -0.1) is 11.3 Å². The Labute approximate surface area is 164 Å². The average Bonchev–Trinajstić information content (AvgIpc) is 3.18. The Bertz CT molecular complexity index is 905. The number of hydrogen-bond acceptors (Lipinski definition) is 6. The van der Waals surface area contributed by atoms with Crippen molar-refractivity contribution in [2.24, 2.45) is 5.73 Å². The quantitative estimate of drug-likeness (QED) is 0.551. The highest BCUT2D eigenvalue weighted by atomic mass is 35.5. The first-order valence-electron chi connectivity index (χ1n) is 7.82. The molecule has 0 radical (unpaired) electrons. The van der Waals surface area contributed by atoms with Crippen LogP contribution in [0.2, 0.25) is 5.02 Å². The van der Waals surface area contributed by atoms with Crippen molar-refractivity contribution in [3.63, 3.8) is 0 Å². The second kappa shape index (κ2) is 9.86. The van der Waals surface area contributed by atoms with Gasteiger partial charge in [0.1, 0.15) is 11.9 Å². The molecule has 0 spiro atoms. The molecule has 0 amide bonds. The first-order valence-corrected chi connectivity index (χ1v) is 9.08. The Balaban J connectivity index is 0.000000380. The summed E-state index contributed by atoms with van der Waals surface area (Å²) < 4.78 is 6.20. The van der Waals surface area contributed by atoms with Crippen LogP contribution in [0.4, 0.5) is 0 Å². The molecule has 0 aliphatic rings. The van der Waals surface area contributed by atoms with E-state index in [9.17, 15) is 0 Å². The first kappa shape index (κ1) is 20.6. The lowest BCUT2D eigenvalue weighted by Crippen LogP contribution is -2.12. The predicted octanol–water partition coefficient (Wildman–Crippen LogP) is 3.57. The molecule has 0 bridgehead atoms. The molecule has 142 valence electrons. The normalized spacial score (nSPS) is 11.3. The van der Waals surface area contributed by atoms with Gasteiger partial charge in [0.05, 0.1) is 15.4 Å². The summed E-state index contributed by atoms with van der Waals surface area (Å²) in [5, 5.41) is 17.5. The molecule has 1 atom stereocenters. The second-order valence-electron chi connectivity index (χ2n) is 5.30. The number of benzene rings is 2. The van der Waals surface area contributed by atoms with Crippen molar-refractivity contribution in [2.75, 3.05) is 6.54 Å². The Morgan fingerprint density at radius 1 is 1.19 bits per heavy atom. The van der Waals surface area contributed by atoms with Crippen LogP contribution in [0.15, 0.2) is 48.1 Å². The minimum absolute atomic E-state index is 0.120. The Kier molecular flexibility index (Phi) is 7.54. The predicted molar refractivity (Wildman–Crippen MR) is 103 cm³/mol. The van der Waals surface area contributed by atoms with Gasteiger partial charge in [-0.1, -0.05) is 41.9 Å². The summed E-state index contributed by atoms with van der Waals surface area (Å²) >= 11 is 7.91. The van der Waals surface area contributed by atoms with Crippen LogP contribution in [0.3, 0.4) is 0 Å². The molecule has 0 fully saturated rings. The van der Waals surface area contributed by atoms with Crippen molar-refractivity contribution in [2.45, 2.75) is 12.5 Å². The van der Waals surface area contributed by atoms with Crippen molar-refractivity contribution in [1.82, 2.24) is 4.98 Å². The SMILES string of the molecule is NCCC(Oc1c(Cl)ccc2ccccc12)c1cncs1.O=C(O)C(=O)O. The van der Waals surface area contributed by atoms with Gasteiger partial charge in [0, 0.05) is 18.0 Å². The van der Waals surface area contributed by atoms with Gasteiger partial charge in [-0.3, -0.25) is 4.98 Å². The highest BCUT2D eigenvalue weighted by Gasteiger charge is 2.17. The third-order valence-electron chi connectivity index (χ3n) is 3.47. The molecule has 0 aliphatic heterocycles. The Morgan fingerprint density at radius 3 is 2.48 bits per heavy atom. The van der Waals surface area contributed by atoms with Crippen LogP contribution in [0.1, 0.15) is 17.4 Å². The fourth-order valence-electron chi connectivity index (χ4n) is 2.27. The second-order valence-corrected chi connectivity index (χ2v) is 6.62. The van der Waals surface area contributed by atoms with Gasteiger partial charge in [0.2, 0.25) is 0 Å². The molecule has 3 aromatic rings. The van der Waals surface area contributed by atoms with E-state index in [1.807, 2.05) is 42.6 Å². The number of hydrogen-bond donors (Lipinski definition) is 3. The molecule has 0 aliphatic carbocycles. The van der Waals surface area contributed by atoms with Crippen LogP contribution < -0.4 is 10.5 Å². The molecule has 0 saturated heterocycles. The monoisotopic (exact) mass is 408 g/mol. The zero-order valence-electron chi connectivity index (χ0n) is 14.0. The molecule has 27 heavy (non-hydrogen) atoms. The van der Waals surface area contributed by atoms with E-state index in [0.717, 1.165) is 22.1 Å². The molecule has 1 unspecified atom stereocenters. The summed E-state index contributed by atoms with van der Waals surface area (Å²) in [5.74, 6) is -2.94. The summed E-state index contributed by atoms with van der Waals surface area (Å²) in [4.78, 5) is 23.4. The van der Waals surface area contributed by atoms with E-state index in [4.69, 9.17) is 41.9 Å². The van der Waals surface area contributed by atoms with Crippen LogP contribution in [0.5, 0.6) is 5.75 Å². The van der Waals surface area contributed by atoms with Crippen LogP contribution in [0.25, 0.3) is 10.8 Å². The van der Waals surface area contributed by atoms with Crippen molar-refractivity contribution in [3.05, 3.63) is 58.0 Å². The number of rotatable bonds is 5. The zero-order valence-corrected chi connectivity index (χ0v) is 15.6. The number of aromatic nitrogens is 1. The van der Waals surface area contributed by atoms with Crippen molar-refractivity contribution >= 4 is 45.6 Å². The molecule has 7 nitrogen and oxygen atoms in total. The van der Waals surface area contributed by atoms with Gasteiger partial charge < -0.3 is 20.7 Å². The number of carbonyl (C=O) groups is 2. The van der Waals surface area contributed by atoms with E-state index >= 15 is 0 Å². The summed E-state index contributed by atoms with van der Waals surface area (Å²) in [6.45, 7) is 0.547. The number of nitrogens with two attached hydrogens (primary N) is 1. The Morgan fingerprint density at radius 2 is 1.89 bits per heavy atom. The number of nitrogens with zero attached hydrogens (tertiary/aromatic N) is 1. The molecule has 0 saturated carbocycles. The third-order valence-corrected chi connectivity index (χ3v) is 4.64. The fourth-order valence-corrected chi connectivity index (χ4v) is 3.17. The van der Waals surface area contributed by atoms with Gasteiger partial charge in [-0.05, 0) is 18.0 Å². The fraction of sp³-hybridized carbons (Fsp3) is 0.167. The van der Waals surface area contributed by atoms with Crippen LogP contribution in [-0.2, 0) is 9.59 Å². The van der Waals surface area contributed by atoms with Crippen molar-refractivity contribution in [1.29, 1.82) is 0 Å². The van der Waals surface area contributed by atoms with E-state index in [-0.39, 0.29) is 6.10 Å². The topological polar surface area (TPSA) is 123 Å². The number of carboxylic acids is 2. The molecule has 1 heterocycles. The van der Waals surface area contributed by atoms with Gasteiger partial charge in [-0.25, -0.2) is 9.59 Å². The smallest absolute Gasteiger partial charge is 0.414 e. The first-order chi connectivity index (χ1) is 12.9. The number of aliphatic carboxylic acids is 2. The van der Waals surface area contributed by atoms with E-state index in [1.54, 1.807) is 16.8 Å². The van der Waals surface area contributed by atoms with Crippen LogP contribution in [0, 0.1) is 0 Å². The average molecular weight is 409 g/mol. The number of fused-ring (bicyclic) bond motifs is 1. The maximum Gasteiger partial charge on any atom is 0.414 e. The third kappa shape index (κ3) is 5.65. The number of ether oxygens (including phenoxy) is 1. The maximum absolute atomic E-state index is 9.10. The lowest BCUT2D eigenvalue weighted by molar-refractivity contribution is -0.159. The van der Waals surface area contributed by atoms with E-state index in [2.05, 4.69) is 4.98 Å². The Hall–Kier alpha value is -2.68. The summed E-state index contributed by atoms with van der Waals surface area (Å²) in [5.41, 5.74) is 7.51. The molecule has 4 N–H and O–H groups in total. The largest absolute Gasteiger partial charge is 0.483 e. The van der Waals surface area contributed by atoms with E-state index < -0.39 is 11.9 Å². The molecule has 3 rings (SSSR count). The van der Waals surface area contributed by atoms with Crippen LogP contribution >= 0.6 is 22.9 Å². The minimum atomic E-state index is -1.82. The maximum atomic E-state index is 9.10. The standard InChI is InChI=1S/C16H15ClN2OS.C2H2O4/c17-13-6-5-11-3-1-2-4-12(11)16(13)20-14(7-8-18)15-9-19-10-21-15;3-1(4)2(5)6/h1-6,9-10,14H,7-8,18H2;(H,3,4)(H,5,6). The molecule has 1 aromatic heterocycles. The zero-order chi connectivity index (χ0) is 19.8. The molecular weight excluding hydrogens is 392 g/mol. The van der Waals surface area contributed by atoms with Gasteiger partial charge in [0.15, 0.2) is 0 Å². The van der Waals surface area contributed by atoms with E-state index in [1.165, 1.54) is 0 Å². The van der Waals surface area contributed by atoms with Crippen molar-refractivity contribution < 1.29 is 24.5 Å². The van der Waals surface area contributed by atoms with Crippen LogP contribution in [-0.4, -0.2) is 33.7 Å². The highest BCUT2D eigenvalue weighted by Crippen LogP contribution is 2.37. The van der Waals surface area contributed by atoms with Gasteiger partial charge >= 0.3 is 11.9 Å². The molecule has 9 heteroatoms. The lowest BCUT2D eigenvalue weighted by Gasteiger charge is -2.19. The van der Waals surface area contributed by atoms with Gasteiger partial charge in [-0.2, -0.15) is 0 Å². The molecule has 2 aromatic carbocycles. The van der Waals surface area contributed by atoms with Gasteiger partial charge in [0.25, 0.3) is 0 Å².